The highest BCUT2D eigenvalue weighted by molar-refractivity contribution is 7.07. The van der Waals surface area contributed by atoms with Gasteiger partial charge in [0.05, 0.1) is 11.6 Å². The van der Waals surface area contributed by atoms with Crippen molar-refractivity contribution in [1.29, 1.82) is 5.26 Å². The molecule has 1 aromatic heterocycles. The average molecular weight is 137 g/mol. The van der Waals surface area contributed by atoms with Gasteiger partial charge in [-0.15, -0.1) is 11.3 Å². The highest BCUT2D eigenvalue weighted by Gasteiger charge is 1.85. The Morgan fingerprint density at radius 2 is 2.33 bits per heavy atom. The van der Waals surface area contributed by atoms with Gasteiger partial charge in [0.25, 0.3) is 0 Å². The van der Waals surface area contributed by atoms with Gasteiger partial charge in [-0.05, 0) is 12.1 Å². The van der Waals surface area contributed by atoms with Gasteiger partial charge in [0.1, 0.15) is 0 Å². The van der Waals surface area contributed by atoms with E-state index in [0.717, 1.165) is 11.3 Å². The molecule has 0 aliphatic heterocycles. The van der Waals surface area contributed by atoms with Crippen molar-refractivity contribution >= 4 is 11.3 Å². The SMILES string of the molecule is N#Cc1ccc(=O)sc1. The predicted octanol–water partition coefficient (Wildman–Crippen LogP) is 0.980. The molecule has 0 radical (unpaired) electrons. The first-order chi connectivity index (χ1) is 4.33. The second-order valence-corrected chi connectivity index (χ2v) is 2.33. The van der Waals surface area contributed by atoms with Gasteiger partial charge in [-0.25, -0.2) is 0 Å². The maximum atomic E-state index is 10.4. The molecule has 0 saturated carbocycles. The summed E-state index contributed by atoms with van der Waals surface area (Å²) in [5.41, 5.74) is 0.541. The predicted molar refractivity (Wildman–Crippen MR) is 35.3 cm³/mol. The average Bonchev–Trinajstić information content (AvgIpc) is 1.90. The van der Waals surface area contributed by atoms with Gasteiger partial charge in [-0.1, -0.05) is 0 Å². The minimum Gasteiger partial charge on any atom is -0.278 e. The quantitative estimate of drug-likeness (QED) is 0.534. The molecule has 1 aromatic rings. The van der Waals surface area contributed by atoms with E-state index in [-0.39, 0.29) is 4.74 Å². The van der Waals surface area contributed by atoms with Crippen molar-refractivity contribution in [2.24, 2.45) is 0 Å². The Kier molecular flexibility index (Phi) is 1.61. The molecule has 0 spiro atoms. The van der Waals surface area contributed by atoms with Crippen LogP contribution in [0.15, 0.2) is 22.3 Å². The fourth-order valence-electron chi connectivity index (χ4n) is 0.422. The number of hydrogen-bond donors (Lipinski definition) is 0. The lowest BCUT2D eigenvalue weighted by atomic mass is 10.4. The lowest BCUT2D eigenvalue weighted by Crippen LogP contribution is -1.88. The molecule has 44 valence electrons. The Morgan fingerprint density at radius 1 is 1.56 bits per heavy atom. The second-order valence-electron chi connectivity index (χ2n) is 1.46. The maximum Gasteiger partial charge on any atom is 0.232 e. The number of hydrogen-bond acceptors (Lipinski definition) is 3. The van der Waals surface area contributed by atoms with Crippen molar-refractivity contribution in [2.45, 2.75) is 0 Å². The van der Waals surface area contributed by atoms with Crippen LogP contribution < -0.4 is 4.74 Å². The first kappa shape index (κ1) is 5.99. The lowest BCUT2D eigenvalue weighted by molar-refractivity contribution is 1.50. The molecule has 1 heterocycles. The van der Waals surface area contributed by atoms with Crippen LogP contribution in [0, 0.1) is 11.3 Å². The van der Waals surface area contributed by atoms with Crippen molar-refractivity contribution in [1.82, 2.24) is 0 Å². The van der Waals surface area contributed by atoms with Crippen molar-refractivity contribution < 1.29 is 0 Å². The van der Waals surface area contributed by atoms with Crippen LogP contribution in [0.5, 0.6) is 0 Å². The molecular weight excluding hydrogens is 134 g/mol. The van der Waals surface area contributed by atoms with Crippen LogP contribution in [0.1, 0.15) is 5.56 Å². The fourth-order valence-corrected chi connectivity index (χ4v) is 0.943. The van der Waals surface area contributed by atoms with E-state index in [1.165, 1.54) is 12.1 Å². The molecular formula is C6H3NOS. The molecule has 0 N–H and O–H groups in total. The Morgan fingerprint density at radius 3 is 2.78 bits per heavy atom. The van der Waals surface area contributed by atoms with Crippen molar-refractivity contribution in [3.8, 4) is 6.07 Å². The topological polar surface area (TPSA) is 40.9 Å². The van der Waals surface area contributed by atoms with Gasteiger partial charge in [0.15, 0.2) is 0 Å². The van der Waals surface area contributed by atoms with E-state index in [0.29, 0.717) is 5.56 Å². The van der Waals surface area contributed by atoms with Gasteiger partial charge in [0, 0.05) is 5.38 Å². The van der Waals surface area contributed by atoms with Crippen LogP contribution in [0.25, 0.3) is 0 Å². The highest BCUT2D eigenvalue weighted by atomic mass is 32.1. The van der Waals surface area contributed by atoms with Crippen LogP contribution in [0.2, 0.25) is 0 Å². The summed E-state index contributed by atoms with van der Waals surface area (Å²) >= 11 is 1.04. The van der Waals surface area contributed by atoms with E-state index in [9.17, 15) is 4.79 Å². The molecule has 0 unspecified atom stereocenters. The molecule has 0 amide bonds. The molecule has 0 saturated heterocycles. The Bertz CT molecular complexity index is 276. The summed E-state index contributed by atoms with van der Waals surface area (Å²) < 4.78 is -0.0194. The van der Waals surface area contributed by atoms with Crippen LogP contribution in [-0.2, 0) is 0 Å². The zero-order valence-corrected chi connectivity index (χ0v) is 5.31. The Hall–Kier alpha value is -1.14. The van der Waals surface area contributed by atoms with Crippen LogP contribution in [0.3, 0.4) is 0 Å². The Labute approximate surface area is 56.0 Å². The van der Waals surface area contributed by atoms with E-state index in [2.05, 4.69) is 0 Å². The minimum absolute atomic E-state index is 0.0194. The third kappa shape index (κ3) is 1.37. The van der Waals surface area contributed by atoms with E-state index in [4.69, 9.17) is 5.26 Å². The van der Waals surface area contributed by atoms with E-state index < -0.39 is 0 Å². The maximum absolute atomic E-state index is 10.4. The molecule has 2 nitrogen and oxygen atoms in total. The minimum atomic E-state index is -0.0194. The summed E-state index contributed by atoms with van der Waals surface area (Å²) in [6, 6.07) is 4.83. The van der Waals surface area contributed by atoms with E-state index in [1.54, 1.807) is 5.38 Å². The van der Waals surface area contributed by atoms with Crippen molar-refractivity contribution in [3.05, 3.63) is 32.6 Å². The molecule has 0 aliphatic carbocycles. The summed E-state index contributed by atoms with van der Waals surface area (Å²) in [7, 11) is 0. The molecule has 0 aliphatic rings. The van der Waals surface area contributed by atoms with Gasteiger partial charge in [-0.3, -0.25) is 4.79 Å². The van der Waals surface area contributed by atoms with E-state index >= 15 is 0 Å². The van der Waals surface area contributed by atoms with Crippen LogP contribution >= 0.6 is 11.3 Å². The van der Waals surface area contributed by atoms with Crippen LogP contribution in [-0.4, -0.2) is 0 Å². The normalized spacial score (nSPS) is 8.33. The second kappa shape index (κ2) is 2.42. The smallest absolute Gasteiger partial charge is 0.232 e. The number of nitrogens with zero attached hydrogens (tertiary/aromatic N) is 1. The van der Waals surface area contributed by atoms with Gasteiger partial charge in [-0.2, -0.15) is 5.26 Å². The molecule has 3 heteroatoms. The number of nitriles is 1. The largest absolute Gasteiger partial charge is 0.278 e. The summed E-state index contributed by atoms with van der Waals surface area (Å²) in [6.07, 6.45) is 0. The van der Waals surface area contributed by atoms with Gasteiger partial charge in [0.2, 0.25) is 4.74 Å². The molecule has 0 atom stereocenters. The molecule has 0 fully saturated rings. The van der Waals surface area contributed by atoms with Gasteiger partial charge >= 0.3 is 0 Å². The first-order valence-corrected chi connectivity index (χ1v) is 3.20. The van der Waals surface area contributed by atoms with Gasteiger partial charge < -0.3 is 0 Å². The molecule has 0 aromatic carbocycles. The van der Waals surface area contributed by atoms with Crippen LogP contribution in [0.4, 0.5) is 0 Å². The monoisotopic (exact) mass is 137 g/mol. The fraction of sp³-hybridized carbons (Fsp3) is 0. The number of rotatable bonds is 0. The highest BCUT2D eigenvalue weighted by Crippen LogP contribution is 1.94. The summed E-state index contributed by atoms with van der Waals surface area (Å²) in [5.74, 6) is 0. The third-order valence-corrected chi connectivity index (χ3v) is 1.57. The zero-order chi connectivity index (χ0) is 6.69. The molecule has 0 bridgehead atoms. The Balaban J connectivity index is 3.21. The van der Waals surface area contributed by atoms with Crippen molar-refractivity contribution in [2.75, 3.05) is 0 Å². The summed E-state index contributed by atoms with van der Waals surface area (Å²) in [5, 5.41) is 9.83. The van der Waals surface area contributed by atoms with Crippen molar-refractivity contribution in [3.63, 3.8) is 0 Å². The zero-order valence-electron chi connectivity index (χ0n) is 4.50. The lowest BCUT2D eigenvalue weighted by Gasteiger charge is -1.78. The summed E-state index contributed by atoms with van der Waals surface area (Å²) in [6.45, 7) is 0. The molecule has 1 rings (SSSR count). The standard InChI is InChI=1S/C6H3NOS/c7-3-5-1-2-6(8)9-4-5/h1-2,4H. The summed E-state index contributed by atoms with van der Waals surface area (Å²) in [4.78, 5) is 10.4. The first-order valence-electron chi connectivity index (χ1n) is 2.32. The third-order valence-electron chi connectivity index (χ3n) is 0.830. The molecule has 9 heavy (non-hydrogen) atoms. The van der Waals surface area contributed by atoms with E-state index in [1.807, 2.05) is 6.07 Å².